The molecule has 0 unspecified atom stereocenters. The van der Waals surface area contributed by atoms with Crippen molar-refractivity contribution in [1.29, 1.82) is 0 Å². The molecule has 110 valence electrons. The summed E-state index contributed by atoms with van der Waals surface area (Å²) in [5.41, 5.74) is 1.19. The number of carbonyl (C=O) groups is 1. The molecule has 0 aromatic heterocycles. The molecule has 0 aromatic carbocycles. The molecule has 3 atom stereocenters. The van der Waals surface area contributed by atoms with E-state index in [-0.39, 0.29) is 30.3 Å². The highest BCUT2D eigenvalue weighted by atomic mass is 16.5. The van der Waals surface area contributed by atoms with E-state index in [1.165, 1.54) is 5.57 Å². The lowest BCUT2D eigenvalue weighted by atomic mass is 9.73. The molecule has 0 amide bonds. The van der Waals surface area contributed by atoms with E-state index in [0.717, 1.165) is 19.3 Å². The maximum atomic E-state index is 11.9. The Kier molecular flexibility index (Phi) is 6.73. The molecule has 0 spiro atoms. The molecule has 1 saturated carbocycles. The second-order valence-corrected chi connectivity index (χ2v) is 6.05. The third-order valence-electron chi connectivity index (χ3n) is 4.14. The average molecular weight is 268 g/mol. The first-order valence-electron chi connectivity index (χ1n) is 7.34. The lowest BCUT2D eigenvalue weighted by molar-refractivity contribution is -0.137. The molecule has 0 heterocycles. The summed E-state index contributed by atoms with van der Waals surface area (Å²) in [6, 6.07) is 0. The number of hydrogen-bond donors (Lipinski definition) is 1. The van der Waals surface area contributed by atoms with E-state index >= 15 is 0 Å². The predicted octanol–water partition coefficient (Wildman–Crippen LogP) is 2.97. The van der Waals surface area contributed by atoms with Gasteiger partial charge in [-0.2, -0.15) is 0 Å². The van der Waals surface area contributed by atoms with Crippen LogP contribution in [-0.2, 0) is 9.53 Å². The van der Waals surface area contributed by atoms with Crippen molar-refractivity contribution in [2.24, 2.45) is 17.8 Å². The molecule has 0 radical (unpaired) electrons. The lowest BCUT2D eigenvalue weighted by Gasteiger charge is -2.36. The summed E-state index contributed by atoms with van der Waals surface area (Å²) < 4.78 is 5.40. The fourth-order valence-electron chi connectivity index (χ4n) is 2.97. The third-order valence-corrected chi connectivity index (χ3v) is 4.14. The van der Waals surface area contributed by atoms with Gasteiger partial charge >= 0.3 is 0 Å². The second kappa shape index (κ2) is 7.81. The summed E-state index contributed by atoms with van der Waals surface area (Å²) in [4.78, 5) is 11.9. The lowest BCUT2D eigenvalue weighted by Crippen LogP contribution is -2.42. The Bertz CT molecular complexity index is 320. The van der Waals surface area contributed by atoms with E-state index in [0.29, 0.717) is 12.3 Å². The van der Waals surface area contributed by atoms with Gasteiger partial charge in [0.2, 0.25) is 0 Å². The first-order chi connectivity index (χ1) is 9.01. The fraction of sp³-hybridized carbons (Fsp3) is 0.812. The largest absolute Gasteiger partial charge is 0.396 e. The van der Waals surface area contributed by atoms with Crippen molar-refractivity contribution in [2.75, 3.05) is 13.7 Å². The van der Waals surface area contributed by atoms with Gasteiger partial charge in [0.15, 0.2) is 5.78 Å². The van der Waals surface area contributed by atoms with E-state index in [4.69, 9.17) is 4.74 Å². The van der Waals surface area contributed by atoms with Crippen molar-refractivity contribution in [3.05, 3.63) is 11.6 Å². The number of ether oxygens (including phenoxy) is 1. The molecular formula is C16H28O3. The normalized spacial score (nSPS) is 29.1. The van der Waals surface area contributed by atoms with Gasteiger partial charge in [0.25, 0.3) is 0 Å². The van der Waals surface area contributed by atoms with Crippen molar-refractivity contribution in [1.82, 2.24) is 0 Å². The maximum Gasteiger partial charge on any atom is 0.162 e. The van der Waals surface area contributed by atoms with Crippen LogP contribution in [0.4, 0.5) is 0 Å². The zero-order chi connectivity index (χ0) is 14.4. The van der Waals surface area contributed by atoms with Crippen molar-refractivity contribution in [3.8, 4) is 0 Å². The van der Waals surface area contributed by atoms with Crippen LogP contribution in [0.25, 0.3) is 0 Å². The number of Topliss-reactive ketones (excluding diaryl/α,β-unsaturated/α-hetero) is 1. The molecule has 1 N–H and O–H groups in total. The molecule has 0 aromatic rings. The quantitative estimate of drug-likeness (QED) is 0.753. The van der Waals surface area contributed by atoms with E-state index in [1.54, 1.807) is 7.11 Å². The highest BCUT2D eigenvalue weighted by Gasteiger charge is 2.39. The van der Waals surface area contributed by atoms with Gasteiger partial charge in [-0.25, -0.2) is 0 Å². The summed E-state index contributed by atoms with van der Waals surface area (Å²) in [6.45, 7) is 6.62. The average Bonchev–Trinajstić information content (AvgIpc) is 2.37. The SMILES string of the molecule is CO[C@@H]1C(=O)CC[C@H](CO)[C@H]1/C(C)=C/CCC(C)C. The highest BCUT2D eigenvalue weighted by Crippen LogP contribution is 2.35. The van der Waals surface area contributed by atoms with Crippen LogP contribution in [0, 0.1) is 17.8 Å². The minimum atomic E-state index is -0.374. The van der Waals surface area contributed by atoms with Crippen molar-refractivity contribution >= 4 is 5.78 Å². The Labute approximate surface area is 117 Å². The minimum absolute atomic E-state index is 0.0448. The van der Waals surface area contributed by atoms with Crippen LogP contribution in [0.5, 0.6) is 0 Å². The number of aliphatic hydroxyl groups is 1. The highest BCUT2D eigenvalue weighted by molar-refractivity contribution is 5.84. The Hall–Kier alpha value is -0.670. The Morgan fingerprint density at radius 2 is 2.21 bits per heavy atom. The topological polar surface area (TPSA) is 46.5 Å². The van der Waals surface area contributed by atoms with Gasteiger partial charge in [0.1, 0.15) is 6.10 Å². The van der Waals surface area contributed by atoms with Crippen LogP contribution in [0.3, 0.4) is 0 Å². The van der Waals surface area contributed by atoms with Gasteiger partial charge in [-0.05, 0) is 38.0 Å². The van der Waals surface area contributed by atoms with Gasteiger partial charge in [0.05, 0.1) is 0 Å². The molecule has 0 aliphatic heterocycles. The number of rotatable bonds is 6. The zero-order valence-electron chi connectivity index (χ0n) is 12.7. The number of ketones is 1. The van der Waals surface area contributed by atoms with E-state index in [9.17, 15) is 9.90 Å². The summed E-state index contributed by atoms with van der Waals surface area (Å²) in [6.07, 6.45) is 5.33. The molecule has 1 rings (SSSR count). The summed E-state index contributed by atoms with van der Waals surface area (Å²) in [5, 5.41) is 9.53. The van der Waals surface area contributed by atoms with Crippen LogP contribution in [-0.4, -0.2) is 30.7 Å². The fourth-order valence-corrected chi connectivity index (χ4v) is 2.97. The van der Waals surface area contributed by atoms with Crippen LogP contribution in [0.1, 0.15) is 46.5 Å². The van der Waals surface area contributed by atoms with Gasteiger partial charge in [-0.3, -0.25) is 4.79 Å². The smallest absolute Gasteiger partial charge is 0.162 e. The van der Waals surface area contributed by atoms with Crippen molar-refractivity contribution in [3.63, 3.8) is 0 Å². The molecule has 1 aliphatic rings. The number of methoxy groups -OCH3 is 1. The number of carbonyl (C=O) groups excluding carboxylic acids is 1. The summed E-state index contributed by atoms with van der Waals surface area (Å²) >= 11 is 0. The van der Waals surface area contributed by atoms with E-state index < -0.39 is 0 Å². The molecule has 19 heavy (non-hydrogen) atoms. The monoisotopic (exact) mass is 268 g/mol. The third kappa shape index (κ3) is 4.43. The van der Waals surface area contributed by atoms with Crippen molar-refractivity contribution < 1.29 is 14.6 Å². The Morgan fingerprint density at radius 1 is 1.53 bits per heavy atom. The molecule has 3 nitrogen and oxygen atoms in total. The maximum absolute atomic E-state index is 11.9. The van der Waals surface area contributed by atoms with Gasteiger partial charge in [-0.1, -0.05) is 25.5 Å². The van der Waals surface area contributed by atoms with Crippen LogP contribution in [0.15, 0.2) is 11.6 Å². The standard InChI is InChI=1S/C16H28O3/c1-11(2)6-5-7-12(3)15-13(10-17)8-9-14(18)16(15)19-4/h7,11,13,15-17H,5-6,8-10H2,1-4H3/b12-7+/t13-,15-,16-/m1/s1. The molecule has 0 bridgehead atoms. The molecular weight excluding hydrogens is 240 g/mol. The molecule has 1 aliphatic carbocycles. The number of aliphatic hydroxyl groups excluding tert-OH is 1. The zero-order valence-corrected chi connectivity index (χ0v) is 12.7. The molecule has 3 heteroatoms. The first kappa shape index (κ1) is 16.4. The van der Waals surface area contributed by atoms with E-state index in [1.807, 2.05) is 0 Å². The predicted molar refractivity (Wildman–Crippen MR) is 76.9 cm³/mol. The second-order valence-electron chi connectivity index (χ2n) is 6.05. The van der Waals surface area contributed by atoms with Gasteiger partial charge in [0, 0.05) is 26.1 Å². The van der Waals surface area contributed by atoms with Crippen LogP contribution in [0.2, 0.25) is 0 Å². The van der Waals surface area contributed by atoms with E-state index in [2.05, 4.69) is 26.8 Å². The summed E-state index contributed by atoms with van der Waals surface area (Å²) in [5.74, 6) is 1.05. The Balaban J connectivity index is 2.79. The first-order valence-corrected chi connectivity index (χ1v) is 7.34. The van der Waals surface area contributed by atoms with Crippen LogP contribution < -0.4 is 0 Å². The number of allylic oxidation sites excluding steroid dienone is 1. The molecule has 0 saturated heterocycles. The molecule has 1 fully saturated rings. The number of hydrogen-bond acceptors (Lipinski definition) is 3. The minimum Gasteiger partial charge on any atom is -0.396 e. The van der Waals surface area contributed by atoms with Gasteiger partial charge < -0.3 is 9.84 Å². The van der Waals surface area contributed by atoms with Crippen LogP contribution >= 0.6 is 0 Å². The van der Waals surface area contributed by atoms with Gasteiger partial charge in [-0.15, -0.1) is 0 Å². The Morgan fingerprint density at radius 3 is 2.74 bits per heavy atom. The van der Waals surface area contributed by atoms with Crippen molar-refractivity contribution in [2.45, 2.75) is 52.6 Å². The summed E-state index contributed by atoms with van der Waals surface area (Å²) in [7, 11) is 1.59.